The number of oxazole rings is 1. The Morgan fingerprint density at radius 2 is 2.17 bits per heavy atom. The summed E-state index contributed by atoms with van der Waals surface area (Å²) in [6.45, 7) is 0.00239. The third-order valence-corrected chi connectivity index (χ3v) is 3.75. The van der Waals surface area contributed by atoms with E-state index in [1.807, 2.05) is 0 Å². The van der Waals surface area contributed by atoms with Crippen LogP contribution in [0.2, 0.25) is 0 Å². The van der Waals surface area contributed by atoms with Gasteiger partial charge in [0.1, 0.15) is 22.1 Å². The van der Waals surface area contributed by atoms with Crippen LogP contribution in [-0.4, -0.2) is 17.5 Å². The van der Waals surface area contributed by atoms with Gasteiger partial charge in [0.05, 0.1) is 5.69 Å². The van der Waals surface area contributed by atoms with Gasteiger partial charge in [-0.05, 0) is 35.9 Å². The van der Waals surface area contributed by atoms with Crippen molar-refractivity contribution < 1.29 is 18.3 Å². The lowest BCUT2D eigenvalue weighted by atomic mass is 10.1. The fourth-order valence-corrected chi connectivity index (χ4v) is 2.61. The molecule has 120 valence electrons. The zero-order chi connectivity index (χ0) is 16.7. The summed E-state index contributed by atoms with van der Waals surface area (Å²) in [5, 5.41) is 2.98. The summed E-state index contributed by atoms with van der Waals surface area (Å²) in [6.07, 6.45) is 1.64. The molecule has 1 aromatic heterocycles. The third-order valence-electron chi connectivity index (χ3n) is 3.48. The molecule has 0 aliphatic carbocycles. The van der Waals surface area contributed by atoms with Gasteiger partial charge < -0.3 is 14.5 Å². The SMILES string of the molecule is O=C1COc2ccc(C=C(Cl)c3nc4cc(F)ccc4o3)cc2N1. The maximum absolute atomic E-state index is 13.2. The van der Waals surface area contributed by atoms with Gasteiger partial charge in [0.25, 0.3) is 5.91 Å². The molecule has 1 N–H and O–H groups in total. The lowest BCUT2D eigenvalue weighted by molar-refractivity contribution is -0.118. The van der Waals surface area contributed by atoms with Crippen LogP contribution in [0, 0.1) is 5.82 Å². The van der Waals surface area contributed by atoms with E-state index < -0.39 is 5.82 Å². The summed E-state index contributed by atoms with van der Waals surface area (Å²) in [5.41, 5.74) is 2.15. The largest absolute Gasteiger partial charge is 0.482 e. The van der Waals surface area contributed by atoms with Crippen LogP contribution in [0.5, 0.6) is 5.75 Å². The second-order valence-electron chi connectivity index (χ2n) is 5.22. The number of ether oxygens (including phenoxy) is 1. The van der Waals surface area contributed by atoms with Gasteiger partial charge >= 0.3 is 0 Å². The van der Waals surface area contributed by atoms with E-state index in [0.717, 1.165) is 5.56 Å². The number of rotatable bonds is 2. The zero-order valence-corrected chi connectivity index (χ0v) is 12.9. The molecular formula is C17H10ClFN2O3. The Hall–Kier alpha value is -2.86. The molecule has 0 unspecified atom stereocenters. The number of nitrogens with zero attached hydrogens (tertiary/aromatic N) is 1. The molecule has 24 heavy (non-hydrogen) atoms. The van der Waals surface area contributed by atoms with Crippen LogP contribution in [0.3, 0.4) is 0 Å². The summed E-state index contributed by atoms with van der Waals surface area (Å²) >= 11 is 6.26. The lowest BCUT2D eigenvalue weighted by Gasteiger charge is -2.17. The van der Waals surface area contributed by atoms with Crippen LogP contribution in [0.25, 0.3) is 22.2 Å². The van der Waals surface area contributed by atoms with E-state index in [9.17, 15) is 9.18 Å². The normalized spacial score (nSPS) is 14.2. The van der Waals surface area contributed by atoms with E-state index in [1.165, 1.54) is 18.2 Å². The number of anilines is 1. The van der Waals surface area contributed by atoms with Gasteiger partial charge in [-0.2, -0.15) is 0 Å². The Kier molecular flexibility index (Phi) is 3.46. The summed E-state index contributed by atoms with van der Waals surface area (Å²) in [6, 6.07) is 9.33. The molecule has 0 saturated heterocycles. The van der Waals surface area contributed by atoms with Crippen LogP contribution >= 0.6 is 11.6 Å². The Bertz CT molecular complexity index is 997. The molecule has 1 aliphatic rings. The van der Waals surface area contributed by atoms with E-state index >= 15 is 0 Å². The lowest BCUT2D eigenvalue weighted by Crippen LogP contribution is -2.25. The average molecular weight is 345 g/mol. The first-order valence-electron chi connectivity index (χ1n) is 7.09. The average Bonchev–Trinajstić information content (AvgIpc) is 2.97. The third kappa shape index (κ3) is 2.72. The Labute approximate surface area is 140 Å². The minimum atomic E-state index is -0.395. The molecule has 2 heterocycles. The molecule has 2 aromatic carbocycles. The van der Waals surface area contributed by atoms with Crippen molar-refractivity contribution in [1.29, 1.82) is 0 Å². The molecule has 1 amide bonds. The Balaban J connectivity index is 1.69. The van der Waals surface area contributed by atoms with Crippen molar-refractivity contribution in [3.8, 4) is 5.75 Å². The molecule has 3 aromatic rings. The zero-order valence-electron chi connectivity index (χ0n) is 12.2. The number of amides is 1. The Morgan fingerprint density at radius 1 is 1.29 bits per heavy atom. The molecule has 7 heteroatoms. The van der Waals surface area contributed by atoms with Crippen molar-refractivity contribution in [1.82, 2.24) is 4.98 Å². The van der Waals surface area contributed by atoms with Crippen LogP contribution in [0.1, 0.15) is 11.5 Å². The first kappa shape index (κ1) is 14.7. The standard InChI is InChI=1S/C17H10ClFN2O3/c18-11(17-21-13-7-10(19)2-4-15(13)24-17)5-9-1-3-14-12(6-9)20-16(22)8-23-14/h1-7H,8H2,(H,20,22). The van der Waals surface area contributed by atoms with E-state index in [-0.39, 0.29) is 23.4 Å². The molecule has 0 spiro atoms. The first-order valence-corrected chi connectivity index (χ1v) is 7.47. The topological polar surface area (TPSA) is 64.4 Å². The molecule has 0 fully saturated rings. The van der Waals surface area contributed by atoms with Crippen molar-refractivity contribution in [2.24, 2.45) is 0 Å². The number of carbonyl (C=O) groups is 1. The number of fused-ring (bicyclic) bond motifs is 2. The second-order valence-corrected chi connectivity index (χ2v) is 5.62. The van der Waals surface area contributed by atoms with E-state index in [4.69, 9.17) is 20.8 Å². The number of halogens is 2. The summed E-state index contributed by atoms with van der Waals surface area (Å²) in [5.74, 6) is 0.180. The molecule has 0 saturated carbocycles. The summed E-state index contributed by atoms with van der Waals surface area (Å²) in [4.78, 5) is 15.5. The fourth-order valence-electron chi connectivity index (χ4n) is 2.40. The van der Waals surface area contributed by atoms with Crippen LogP contribution in [-0.2, 0) is 4.79 Å². The highest BCUT2D eigenvalue weighted by Gasteiger charge is 2.16. The van der Waals surface area contributed by atoms with Crippen molar-refractivity contribution in [3.05, 3.63) is 53.7 Å². The summed E-state index contributed by atoms with van der Waals surface area (Å²) in [7, 11) is 0. The van der Waals surface area contributed by atoms with Crippen molar-refractivity contribution in [2.45, 2.75) is 0 Å². The van der Waals surface area contributed by atoms with Crippen molar-refractivity contribution >= 4 is 45.4 Å². The van der Waals surface area contributed by atoms with Gasteiger partial charge in [-0.25, -0.2) is 9.37 Å². The van der Waals surface area contributed by atoms with Gasteiger partial charge in [-0.1, -0.05) is 17.7 Å². The van der Waals surface area contributed by atoms with Crippen LogP contribution in [0.4, 0.5) is 10.1 Å². The fraction of sp³-hybridized carbons (Fsp3) is 0.0588. The maximum Gasteiger partial charge on any atom is 0.262 e. The number of carbonyl (C=O) groups excluding carboxylic acids is 1. The van der Waals surface area contributed by atoms with Gasteiger partial charge in [-0.3, -0.25) is 4.79 Å². The molecule has 0 radical (unpaired) electrons. The minimum Gasteiger partial charge on any atom is -0.482 e. The first-order chi connectivity index (χ1) is 11.6. The molecule has 5 nitrogen and oxygen atoms in total. The monoisotopic (exact) mass is 344 g/mol. The maximum atomic E-state index is 13.2. The summed E-state index contributed by atoms with van der Waals surface area (Å²) < 4.78 is 24.0. The Morgan fingerprint density at radius 3 is 3.04 bits per heavy atom. The molecule has 1 aliphatic heterocycles. The van der Waals surface area contributed by atoms with Crippen molar-refractivity contribution in [3.63, 3.8) is 0 Å². The van der Waals surface area contributed by atoms with E-state index in [1.54, 1.807) is 24.3 Å². The predicted octanol–water partition coefficient (Wildman–Crippen LogP) is 4.03. The van der Waals surface area contributed by atoms with E-state index in [2.05, 4.69) is 10.3 Å². The minimum absolute atomic E-state index is 0.00239. The van der Waals surface area contributed by atoms with E-state index in [0.29, 0.717) is 22.5 Å². The van der Waals surface area contributed by atoms with Gasteiger partial charge in [0.2, 0.25) is 5.89 Å². The smallest absolute Gasteiger partial charge is 0.262 e. The highest BCUT2D eigenvalue weighted by Crippen LogP contribution is 2.31. The quantitative estimate of drug-likeness (QED) is 0.762. The number of benzene rings is 2. The van der Waals surface area contributed by atoms with Gasteiger partial charge in [-0.15, -0.1) is 0 Å². The number of aromatic nitrogens is 1. The molecule has 0 atom stereocenters. The number of hydrogen-bond donors (Lipinski definition) is 1. The number of nitrogens with one attached hydrogen (secondary N) is 1. The second kappa shape index (κ2) is 5.65. The van der Waals surface area contributed by atoms with Crippen molar-refractivity contribution in [2.75, 3.05) is 11.9 Å². The molecule has 4 rings (SSSR count). The highest BCUT2D eigenvalue weighted by molar-refractivity contribution is 6.50. The van der Waals surface area contributed by atoms with Crippen LogP contribution < -0.4 is 10.1 Å². The van der Waals surface area contributed by atoms with Crippen LogP contribution in [0.15, 0.2) is 40.8 Å². The van der Waals surface area contributed by atoms with Gasteiger partial charge in [0.15, 0.2) is 12.2 Å². The highest BCUT2D eigenvalue weighted by atomic mass is 35.5. The predicted molar refractivity (Wildman–Crippen MR) is 88.3 cm³/mol. The molecule has 0 bridgehead atoms. The molecular weight excluding hydrogens is 335 g/mol. The van der Waals surface area contributed by atoms with Gasteiger partial charge in [0, 0.05) is 6.07 Å². The number of hydrogen-bond acceptors (Lipinski definition) is 4.